The van der Waals surface area contributed by atoms with Crippen LogP contribution in [0, 0.1) is 0 Å². The van der Waals surface area contributed by atoms with Crippen LogP contribution in [0.25, 0.3) is 6.08 Å². The summed E-state index contributed by atoms with van der Waals surface area (Å²) in [5.74, 6) is -0.624. The second kappa shape index (κ2) is 12.7. The molecule has 216 valence electrons. The number of hydrogen-bond acceptors (Lipinski definition) is 9. The average molecular weight is 646 g/mol. The fourth-order valence-electron chi connectivity index (χ4n) is 4.40. The summed E-state index contributed by atoms with van der Waals surface area (Å²) in [6.07, 6.45) is 1.54. The lowest BCUT2D eigenvalue weighted by molar-refractivity contribution is -0.140. The Morgan fingerprint density at radius 1 is 1.22 bits per heavy atom. The Morgan fingerprint density at radius 3 is 2.61 bits per heavy atom. The Bertz CT molecular complexity index is 1710. The summed E-state index contributed by atoms with van der Waals surface area (Å²) in [7, 11) is 1.43. The Labute approximate surface area is 248 Å². The number of carboxylic acids is 1. The minimum absolute atomic E-state index is 0.140. The number of benzene rings is 2. The van der Waals surface area contributed by atoms with Crippen LogP contribution in [0.4, 0.5) is 0 Å². The number of carbonyl (C=O) groups is 2. The monoisotopic (exact) mass is 644 g/mol. The SMILES string of the molecule is CCOC(=O)C1=C(C)N=c2s/c(=C/c3cc(Br)c(OCC(=O)O)c(OC)c3)c(=O)n2[C@@H]1c1ccccc1OC(C)C. The summed E-state index contributed by atoms with van der Waals surface area (Å²) in [5, 5.41) is 8.98. The molecule has 1 aromatic heterocycles. The molecule has 1 aliphatic rings. The summed E-state index contributed by atoms with van der Waals surface area (Å²) in [4.78, 5) is 43.2. The molecule has 0 fully saturated rings. The van der Waals surface area contributed by atoms with Crippen molar-refractivity contribution in [3.05, 3.63) is 83.0 Å². The fraction of sp³-hybridized carbons (Fsp3) is 0.310. The second-order valence-corrected chi connectivity index (χ2v) is 11.1. The zero-order valence-electron chi connectivity index (χ0n) is 23.1. The Kier molecular flexibility index (Phi) is 9.34. The second-order valence-electron chi connectivity index (χ2n) is 9.22. The predicted molar refractivity (Wildman–Crippen MR) is 156 cm³/mol. The van der Waals surface area contributed by atoms with Crippen LogP contribution in [0.5, 0.6) is 17.2 Å². The minimum atomic E-state index is -1.13. The van der Waals surface area contributed by atoms with E-state index in [0.717, 1.165) is 0 Å². The highest BCUT2D eigenvalue weighted by Gasteiger charge is 2.35. The van der Waals surface area contributed by atoms with Crippen molar-refractivity contribution >= 4 is 45.3 Å². The van der Waals surface area contributed by atoms with Crippen LogP contribution in [0.2, 0.25) is 0 Å². The van der Waals surface area contributed by atoms with Crippen molar-refractivity contribution in [2.75, 3.05) is 20.3 Å². The highest BCUT2D eigenvalue weighted by Crippen LogP contribution is 2.38. The lowest BCUT2D eigenvalue weighted by Crippen LogP contribution is -2.40. The van der Waals surface area contributed by atoms with E-state index in [9.17, 15) is 14.4 Å². The molecule has 0 aliphatic carbocycles. The third kappa shape index (κ3) is 6.38. The van der Waals surface area contributed by atoms with Gasteiger partial charge in [-0.15, -0.1) is 0 Å². The van der Waals surface area contributed by atoms with Gasteiger partial charge in [-0.1, -0.05) is 29.5 Å². The predicted octanol–water partition coefficient (Wildman–Crippen LogP) is 3.82. The molecule has 1 aliphatic heterocycles. The number of hydrogen-bond donors (Lipinski definition) is 1. The van der Waals surface area contributed by atoms with E-state index in [4.69, 9.17) is 24.1 Å². The van der Waals surface area contributed by atoms with Gasteiger partial charge in [0.05, 0.1) is 40.1 Å². The number of rotatable bonds is 10. The molecule has 1 atom stereocenters. The number of esters is 1. The third-order valence-electron chi connectivity index (χ3n) is 5.98. The van der Waals surface area contributed by atoms with Gasteiger partial charge in [-0.05, 0) is 73.5 Å². The van der Waals surface area contributed by atoms with Crippen molar-refractivity contribution in [3.8, 4) is 17.2 Å². The maximum Gasteiger partial charge on any atom is 0.341 e. The summed E-state index contributed by atoms with van der Waals surface area (Å²) in [6, 6.07) is 9.80. The lowest BCUT2D eigenvalue weighted by Gasteiger charge is -2.26. The minimum Gasteiger partial charge on any atom is -0.493 e. The maximum atomic E-state index is 14.0. The van der Waals surface area contributed by atoms with Crippen molar-refractivity contribution in [2.24, 2.45) is 4.99 Å². The smallest absolute Gasteiger partial charge is 0.341 e. The molecule has 0 saturated carbocycles. The number of fused-ring (bicyclic) bond motifs is 1. The standard InChI is InChI=1S/C29H29BrN2O8S/c1-6-38-28(36)24-16(4)31-29-32(25(24)18-9-7-8-10-20(18)40-15(2)3)27(35)22(41-29)13-17-11-19(30)26(21(12-17)37-5)39-14-23(33)34/h7-13,15,25H,6,14H2,1-5H3,(H,33,34)/b22-13+/t25-/m1/s1. The van der Waals surface area contributed by atoms with Crippen LogP contribution in [0.1, 0.15) is 44.9 Å². The first kappa shape index (κ1) is 30.1. The van der Waals surface area contributed by atoms with E-state index in [1.165, 1.54) is 23.0 Å². The van der Waals surface area contributed by atoms with Crippen molar-refractivity contribution in [1.29, 1.82) is 0 Å². The summed E-state index contributed by atoms with van der Waals surface area (Å²) >= 11 is 4.58. The number of carboxylic acid groups (broad SMARTS) is 1. The van der Waals surface area contributed by atoms with Gasteiger partial charge in [0.1, 0.15) is 11.8 Å². The molecule has 12 heteroatoms. The average Bonchev–Trinajstić information content (AvgIpc) is 3.21. The lowest BCUT2D eigenvalue weighted by atomic mass is 9.95. The number of aromatic nitrogens is 1. The molecule has 4 rings (SSSR count). The van der Waals surface area contributed by atoms with Gasteiger partial charge in [0.2, 0.25) is 0 Å². The molecule has 0 saturated heterocycles. The number of para-hydroxylation sites is 1. The molecule has 0 spiro atoms. The van der Waals surface area contributed by atoms with Gasteiger partial charge in [-0.2, -0.15) is 0 Å². The van der Waals surface area contributed by atoms with Gasteiger partial charge in [0, 0.05) is 5.56 Å². The normalized spacial score (nSPS) is 14.9. The van der Waals surface area contributed by atoms with Gasteiger partial charge in [-0.3, -0.25) is 9.36 Å². The van der Waals surface area contributed by atoms with Crippen LogP contribution in [0.3, 0.4) is 0 Å². The first-order chi connectivity index (χ1) is 19.5. The molecule has 10 nitrogen and oxygen atoms in total. The summed E-state index contributed by atoms with van der Waals surface area (Å²) in [5.41, 5.74) is 1.59. The Morgan fingerprint density at radius 2 is 1.95 bits per heavy atom. The van der Waals surface area contributed by atoms with Crippen molar-refractivity contribution in [3.63, 3.8) is 0 Å². The van der Waals surface area contributed by atoms with Gasteiger partial charge in [0.15, 0.2) is 22.9 Å². The summed E-state index contributed by atoms with van der Waals surface area (Å²) in [6.45, 7) is 6.87. The van der Waals surface area contributed by atoms with E-state index >= 15 is 0 Å². The molecule has 0 radical (unpaired) electrons. The molecule has 0 unspecified atom stereocenters. The number of allylic oxidation sites excluding steroid dienone is 1. The van der Waals surface area contributed by atoms with E-state index in [1.54, 1.807) is 38.1 Å². The zero-order valence-corrected chi connectivity index (χ0v) is 25.5. The number of nitrogens with zero attached hydrogens (tertiary/aromatic N) is 2. The Hall–Kier alpha value is -3.90. The van der Waals surface area contributed by atoms with Gasteiger partial charge >= 0.3 is 11.9 Å². The van der Waals surface area contributed by atoms with E-state index in [1.807, 2.05) is 32.0 Å². The fourth-order valence-corrected chi connectivity index (χ4v) is 6.02. The maximum absolute atomic E-state index is 14.0. The van der Waals surface area contributed by atoms with E-state index in [0.29, 0.717) is 36.4 Å². The van der Waals surface area contributed by atoms with Crippen molar-refractivity contribution in [1.82, 2.24) is 4.57 Å². The molecule has 1 N–H and O–H groups in total. The first-order valence-electron chi connectivity index (χ1n) is 12.7. The van der Waals surface area contributed by atoms with Gasteiger partial charge in [0.25, 0.3) is 5.56 Å². The zero-order chi connectivity index (χ0) is 29.8. The number of aliphatic carboxylic acids is 1. The van der Waals surface area contributed by atoms with Crippen LogP contribution in [0.15, 0.2) is 61.9 Å². The topological polar surface area (TPSA) is 126 Å². The molecule has 41 heavy (non-hydrogen) atoms. The largest absolute Gasteiger partial charge is 0.493 e. The van der Waals surface area contributed by atoms with Gasteiger partial charge < -0.3 is 24.1 Å². The van der Waals surface area contributed by atoms with Crippen LogP contribution in [-0.2, 0) is 14.3 Å². The molecule has 3 aromatic rings. The molecule has 0 amide bonds. The van der Waals surface area contributed by atoms with Crippen LogP contribution >= 0.6 is 27.3 Å². The highest BCUT2D eigenvalue weighted by atomic mass is 79.9. The highest BCUT2D eigenvalue weighted by molar-refractivity contribution is 9.10. The molecule has 0 bridgehead atoms. The van der Waals surface area contributed by atoms with Crippen LogP contribution in [-0.4, -0.2) is 48.0 Å². The van der Waals surface area contributed by atoms with Crippen molar-refractivity contribution < 1.29 is 33.6 Å². The van der Waals surface area contributed by atoms with E-state index in [-0.39, 0.29) is 35.3 Å². The van der Waals surface area contributed by atoms with E-state index < -0.39 is 24.6 Å². The number of methoxy groups -OCH3 is 1. The molecule has 2 heterocycles. The van der Waals surface area contributed by atoms with Gasteiger partial charge in [-0.25, -0.2) is 14.6 Å². The Balaban J connectivity index is 1.92. The molecular weight excluding hydrogens is 616 g/mol. The molecule has 2 aromatic carbocycles. The number of halogens is 1. The van der Waals surface area contributed by atoms with Crippen molar-refractivity contribution in [2.45, 2.75) is 39.8 Å². The third-order valence-corrected chi connectivity index (χ3v) is 7.55. The number of ether oxygens (including phenoxy) is 4. The first-order valence-corrected chi connectivity index (χ1v) is 14.3. The molecular formula is C29H29BrN2O8S. The quantitative estimate of drug-likeness (QED) is 0.330. The number of carbonyl (C=O) groups excluding carboxylic acids is 1. The summed E-state index contributed by atoms with van der Waals surface area (Å²) < 4.78 is 24.5. The van der Waals surface area contributed by atoms with Crippen LogP contribution < -0.4 is 29.1 Å². The number of thiazole rings is 1. The van der Waals surface area contributed by atoms with E-state index in [2.05, 4.69) is 20.9 Å².